The van der Waals surface area contributed by atoms with Crippen molar-refractivity contribution >= 4 is 17.6 Å². The highest BCUT2D eigenvalue weighted by molar-refractivity contribution is 7.13. The monoisotopic (exact) mass is 213 g/mol. The minimum Gasteiger partial charge on any atom is -0.386 e. The van der Waals surface area contributed by atoms with Crippen LogP contribution in [0.1, 0.15) is 46.7 Å². The Morgan fingerprint density at radius 2 is 2.21 bits per heavy atom. The van der Waals surface area contributed by atoms with Crippen LogP contribution in [-0.4, -0.2) is 16.4 Å². The number of hydrogen-bond donors (Lipinski definition) is 1. The predicted octanol–water partition coefficient (Wildman–Crippen LogP) is 2.34. The average Bonchev–Trinajstić information content (AvgIpc) is 2.45. The van der Waals surface area contributed by atoms with Crippen LogP contribution in [0, 0.1) is 12.8 Å². The van der Waals surface area contributed by atoms with Crippen LogP contribution in [0.5, 0.6) is 0 Å². The van der Waals surface area contributed by atoms with E-state index in [2.05, 4.69) is 4.98 Å². The maximum Gasteiger partial charge on any atom is 0.161 e. The Balaban J connectivity index is 2.80. The van der Waals surface area contributed by atoms with E-state index < -0.39 is 6.10 Å². The molecule has 1 rings (SSSR count). The van der Waals surface area contributed by atoms with Crippen molar-refractivity contribution in [1.29, 1.82) is 0 Å². The fourth-order valence-corrected chi connectivity index (χ4v) is 2.11. The molecule has 0 aliphatic carbocycles. The summed E-state index contributed by atoms with van der Waals surface area (Å²) in [6.45, 7) is 5.88. The largest absolute Gasteiger partial charge is 0.386 e. The van der Waals surface area contributed by atoms with Gasteiger partial charge in [-0.25, -0.2) is 4.98 Å². The molecule has 0 spiro atoms. The van der Waals surface area contributed by atoms with Crippen LogP contribution in [-0.2, 0) is 0 Å². The van der Waals surface area contributed by atoms with Gasteiger partial charge in [0.1, 0.15) is 11.1 Å². The second kappa shape index (κ2) is 4.66. The zero-order valence-corrected chi connectivity index (χ0v) is 9.47. The molecule has 1 aromatic heterocycles. The first-order valence-corrected chi connectivity index (χ1v) is 5.46. The predicted molar refractivity (Wildman–Crippen MR) is 56.7 cm³/mol. The summed E-state index contributed by atoms with van der Waals surface area (Å²) in [5.41, 5.74) is 0.711. The molecule has 0 aromatic carbocycles. The van der Waals surface area contributed by atoms with Crippen LogP contribution in [0.25, 0.3) is 0 Å². The van der Waals surface area contributed by atoms with E-state index in [0.29, 0.717) is 27.9 Å². The lowest BCUT2D eigenvalue weighted by Crippen LogP contribution is -2.01. The highest BCUT2D eigenvalue weighted by Gasteiger charge is 2.15. The van der Waals surface area contributed by atoms with Crippen molar-refractivity contribution in [3.05, 3.63) is 15.6 Å². The van der Waals surface area contributed by atoms with Crippen molar-refractivity contribution in [3.63, 3.8) is 0 Å². The van der Waals surface area contributed by atoms with Gasteiger partial charge in [-0.2, -0.15) is 0 Å². The second-order valence-corrected chi connectivity index (χ2v) is 4.83. The number of aliphatic hydroxyl groups is 1. The molecule has 0 saturated carbocycles. The number of rotatable bonds is 4. The third kappa shape index (κ3) is 2.62. The molecule has 0 aliphatic rings. The van der Waals surface area contributed by atoms with Gasteiger partial charge >= 0.3 is 0 Å². The molecule has 0 fully saturated rings. The topological polar surface area (TPSA) is 50.2 Å². The van der Waals surface area contributed by atoms with Crippen molar-refractivity contribution in [3.8, 4) is 0 Å². The molecule has 3 nitrogen and oxygen atoms in total. The van der Waals surface area contributed by atoms with Crippen molar-refractivity contribution in [2.75, 3.05) is 0 Å². The minimum absolute atomic E-state index is 0.425. The summed E-state index contributed by atoms with van der Waals surface area (Å²) in [4.78, 5) is 15.4. The van der Waals surface area contributed by atoms with Gasteiger partial charge in [-0.05, 0) is 19.3 Å². The van der Waals surface area contributed by atoms with E-state index in [0.717, 1.165) is 6.29 Å². The summed E-state index contributed by atoms with van der Waals surface area (Å²) < 4.78 is 0. The smallest absolute Gasteiger partial charge is 0.161 e. The molecule has 14 heavy (non-hydrogen) atoms. The SMILES string of the molecule is Cc1nc(C(O)CC(C)C)sc1C=O. The third-order valence-electron chi connectivity index (χ3n) is 1.94. The van der Waals surface area contributed by atoms with Crippen LogP contribution in [0.2, 0.25) is 0 Å². The average molecular weight is 213 g/mol. The number of aromatic nitrogens is 1. The summed E-state index contributed by atoms with van der Waals surface area (Å²) in [6.07, 6.45) is 0.941. The molecule has 0 radical (unpaired) electrons. The van der Waals surface area contributed by atoms with Gasteiger partial charge < -0.3 is 5.11 Å². The Hall–Kier alpha value is -0.740. The lowest BCUT2D eigenvalue weighted by Gasteiger charge is -2.09. The molecular weight excluding hydrogens is 198 g/mol. The Labute approximate surface area is 87.8 Å². The van der Waals surface area contributed by atoms with E-state index in [1.165, 1.54) is 11.3 Å². The fraction of sp³-hybridized carbons (Fsp3) is 0.600. The van der Waals surface area contributed by atoms with Gasteiger partial charge in [-0.3, -0.25) is 4.79 Å². The lowest BCUT2D eigenvalue weighted by molar-refractivity contribution is 0.112. The summed E-state index contributed by atoms with van der Waals surface area (Å²) in [7, 11) is 0. The first-order valence-electron chi connectivity index (χ1n) is 4.65. The normalized spacial score (nSPS) is 13.2. The molecule has 1 aromatic rings. The molecule has 78 valence electrons. The molecule has 0 amide bonds. The summed E-state index contributed by atoms with van der Waals surface area (Å²) in [5, 5.41) is 10.4. The van der Waals surface area contributed by atoms with E-state index in [4.69, 9.17) is 0 Å². The van der Waals surface area contributed by atoms with Crippen LogP contribution in [0.15, 0.2) is 0 Å². The molecule has 0 saturated heterocycles. The first kappa shape index (κ1) is 11.3. The molecule has 0 aliphatic heterocycles. The summed E-state index contributed by atoms with van der Waals surface area (Å²) >= 11 is 1.28. The van der Waals surface area contributed by atoms with Gasteiger partial charge in [0.2, 0.25) is 0 Å². The standard InChI is InChI=1S/C10H15NO2S/c1-6(2)4-8(13)10-11-7(3)9(5-12)14-10/h5-6,8,13H,4H2,1-3H3. The van der Waals surface area contributed by atoms with Gasteiger partial charge in [0, 0.05) is 0 Å². The van der Waals surface area contributed by atoms with Crippen LogP contribution < -0.4 is 0 Å². The van der Waals surface area contributed by atoms with Gasteiger partial charge in [-0.1, -0.05) is 13.8 Å². The zero-order valence-electron chi connectivity index (χ0n) is 8.65. The third-order valence-corrected chi connectivity index (χ3v) is 3.12. The van der Waals surface area contributed by atoms with E-state index in [1.54, 1.807) is 6.92 Å². The lowest BCUT2D eigenvalue weighted by atomic mass is 10.1. The molecule has 1 unspecified atom stereocenters. The number of carbonyl (C=O) groups is 1. The number of aryl methyl sites for hydroxylation is 1. The molecule has 1 atom stereocenters. The summed E-state index contributed by atoms with van der Waals surface area (Å²) in [6, 6.07) is 0. The highest BCUT2D eigenvalue weighted by Crippen LogP contribution is 2.26. The minimum atomic E-state index is -0.535. The Morgan fingerprint density at radius 1 is 1.57 bits per heavy atom. The number of nitrogens with zero attached hydrogens (tertiary/aromatic N) is 1. The highest BCUT2D eigenvalue weighted by atomic mass is 32.1. The Bertz CT molecular complexity index is 320. The second-order valence-electron chi connectivity index (χ2n) is 3.76. The van der Waals surface area contributed by atoms with Crippen LogP contribution in [0.3, 0.4) is 0 Å². The maximum atomic E-state index is 10.6. The molecular formula is C10H15NO2S. The van der Waals surface area contributed by atoms with E-state index in [9.17, 15) is 9.90 Å². The number of aldehydes is 1. The fourth-order valence-electron chi connectivity index (χ4n) is 1.23. The van der Waals surface area contributed by atoms with Gasteiger partial charge in [0.05, 0.1) is 10.6 Å². The number of thiazole rings is 1. The molecule has 1 N–H and O–H groups in total. The number of carbonyl (C=O) groups excluding carboxylic acids is 1. The Morgan fingerprint density at radius 3 is 2.64 bits per heavy atom. The summed E-state index contributed by atoms with van der Waals surface area (Å²) in [5.74, 6) is 0.425. The van der Waals surface area contributed by atoms with Crippen LogP contribution >= 0.6 is 11.3 Å². The molecule has 4 heteroatoms. The van der Waals surface area contributed by atoms with Gasteiger partial charge in [0.25, 0.3) is 0 Å². The number of hydrogen-bond acceptors (Lipinski definition) is 4. The van der Waals surface area contributed by atoms with E-state index >= 15 is 0 Å². The van der Waals surface area contributed by atoms with E-state index in [1.807, 2.05) is 13.8 Å². The van der Waals surface area contributed by atoms with Gasteiger partial charge in [-0.15, -0.1) is 11.3 Å². The van der Waals surface area contributed by atoms with Crippen molar-refractivity contribution < 1.29 is 9.90 Å². The zero-order chi connectivity index (χ0) is 10.7. The van der Waals surface area contributed by atoms with E-state index in [-0.39, 0.29) is 0 Å². The quantitative estimate of drug-likeness (QED) is 0.781. The molecule has 1 heterocycles. The van der Waals surface area contributed by atoms with Crippen molar-refractivity contribution in [2.45, 2.75) is 33.3 Å². The van der Waals surface area contributed by atoms with Crippen molar-refractivity contribution in [2.24, 2.45) is 5.92 Å². The molecule has 0 bridgehead atoms. The number of aliphatic hydroxyl groups excluding tert-OH is 1. The Kier molecular flexibility index (Phi) is 3.77. The van der Waals surface area contributed by atoms with Gasteiger partial charge in [0.15, 0.2) is 6.29 Å². The first-order chi connectivity index (χ1) is 6.54. The maximum absolute atomic E-state index is 10.6. The van der Waals surface area contributed by atoms with Crippen molar-refractivity contribution in [1.82, 2.24) is 4.98 Å². The van der Waals surface area contributed by atoms with Crippen LogP contribution in [0.4, 0.5) is 0 Å².